The van der Waals surface area contributed by atoms with Crippen LogP contribution in [0.4, 0.5) is 0 Å². The molecule has 2 saturated carbocycles. The molecule has 2 fully saturated rings. The lowest BCUT2D eigenvalue weighted by Gasteiger charge is -2.23. The molecule has 2 heteroatoms. The first-order chi connectivity index (χ1) is 9.15. The van der Waals surface area contributed by atoms with Gasteiger partial charge >= 0.3 is 0 Å². The zero-order valence-corrected chi connectivity index (χ0v) is 13.2. The summed E-state index contributed by atoms with van der Waals surface area (Å²) in [6, 6.07) is 6.67. The third-order valence-electron chi connectivity index (χ3n) is 4.78. The summed E-state index contributed by atoms with van der Waals surface area (Å²) in [7, 11) is 0. The summed E-state index contributed by atoms with van der Waals surface area (Å²) in [6.07, 6.45) is 7.68. The predicted molar refractivity (Wildman–Crippen MR) is 84.9 cm³/mol. The lowest BCUT2D eigenvalue weighted by Crippen LogP contribution is -2.11. The molecule has 0 aromatic heterocycles. The number of hydrogen-bond acceptors (Lipinski definition) is 1. The van der Waals surface area contributed by atoms with Crippen molar-refractivity contribution in [2.24, 2.45) is 11.7 Å². The van der Waals surface area contributed by atoms with E-state index in [1.807, 2.05) is 0 Å². The maximum Gasteiger partial charge on any atom is 0.0382 e. The zero-order chi connectivity index (χ0) is 13.4. The summed E-state index contributed by atoms with van der Waals surface area (Å²) in [5.41, 5.74) is 11.7. The number of allylic oxidation sites excluding steroid dienone is 1. The smallest absolute Gasteiger partial charge is 0.0382 e. The Labute approximate surface area is 124 Å². The fraction of sp³-hybridized carbons (Fsp3) is 0.529. The van der Waals surface area contributed by atoms with E-state index in [1.165, 1.54) is 55.2 Å². The average molecular weight is 320 g/mol. The van der Waals surface area contributed by atoms with Crippen molar-refractivity contribution < 1.29 is 0 Å². The molecule has 1 aromatic rings. The summed E-state index contributed by atoms with van der Waals surface area (Å²) in [6.45, 7) is 2.37. The minimum absolute atomic E-state index is 0.706. The van der Waals surface area contributed by atoms with E-state index in [4.69, 9.17) is 5.73 Å². The van der Waals surface area contributed by atoms with Crippen LogP contribution in [-0.4, -0.2) is 0 Å². The van der Waals surface area contributed by atoms with Crippen LogP contribution in [-0.2, 0) is 0 Å². The van der Waals surface area contributed by atoms with Crippen LogP contribution < -0.4 is 5.73 Å². The quantitative estimate of drug-likeness (QED) is 0.795. The van der Waals surface area contributed by atoms with Crippen LogP contribution in [0.2, 0.25) is 0 Å². The van der Waals surface area contributed by atoms with Gasteiger partial charge in [0.25, 0.3) is 0 Å². The second-order valence-corrected chi connectivity index (χ2v) is 7.13. The Kier molecular flexibility index (Phi) is 3.70. The van der Waals surface area contributed by atoms with Gasteiger partial charge < -0.3 is 5.73 Å². The summed E-state index contributed by atoms with van der Waals surface area (Å²) < 4.78 is 1.14. The number of halogens is 1. The van der Waals surface area contributed by atoms with Gasteiger partial charge in [-0.2, -0.15) is 0 Å². The van der Waals surface area contributed by atoms with Crippen LogP contribution in [0.15, 0.2) is 28.2 Å². The second-order valence-electron chi connectivity index (χ2n) is 6.22. The van der Waals surface area contributed by atoms with Crippen molar-refractivity contribution in [3.63, 3.8) is 0 Å². The van der Waals surface area contributed by atoms with E-state index < -0.39 is 0 Å². The van der Waals surface area contributed by atoms with Crippen molar-refractivity contribution in [2.75, 3.05) is 0 Å². The van der Waals surface area contributed by atoms with Gasteiger partial charge in [0.15, 0.2) is 0 Å². The van der Waals surface area contributed by atoms with E-state index in [-0.39, 0.29) is 0 Å². The van der Waals surface area contributed by atoms with Gasteiger partial charge in [-0.1, -0.05) is 35.3 Å². The molecule has 0 heterocycles. The second kappa shape index (κ2) is 5.32. The molecule has 0 saturated heterocycles. The van der Waals surface area contributed by atoms with Gasteiger partial charge in [-0.05, 0) is 67.2 Å². The predicted octanol–water partition coefficient (Wildman–Crippen LogP) is 5.21. The Hall–Kier alpha value is -0.760. The van der Waals surface area contributed by atoms with Crippen molar-refractivity contribution in [1.29, 1.82) is 0 Å². The molecule has 3 rings (SSSR count). The zero-order valence-electron chi connectivity index (χ0n) is 11.6. The lowest BCUT2D eigenvalue weighted by atomic mass is 9.84. The largest absolute Gasteiger partial charge is 0.398 e. The summed E-state index contributed by atoms with van der Waals surface area (Å²) in [5.74, 6) is 1.57. The monoisotopic (exact) mass is 319 g/mol. The molecule has 2 unspecified atom stereocenters. The molecule has 2 aliphatic rings. The molecule has 2 aliphatic carbocycles. The van der Waals surface area contributed by atoms with E-state index >= 15 is 0 Å². The Morgan fingerprint density at radius 1 is 1.26 bits per heavy atom. The highest BCUT2D eigenvalue weighted by Gasteiger charge is 2.26. The Morgan fingerprint density at radius 3 is 2.63 bits per heavy atom. The minimum Gasteiger partial charge on any atom is -0.398 e. The molecule has 102 valence electrons. The van der Waals surface area contributed by atoms with Crippen molar-refractivity contribution in [1.82, 2.24) is 0 Å². The van der Waals surface area contributed by atoms with Crippen LogP contribution in [0.5, 0.6) is 0 Å². The molecule has 1 nitrogen and oxygen atoms in total. The van der Waals surface area contributed by atoms with E-state index in [1.54, 1.807) is 0 Å². The van der Waals surface area contributed by atoms with Crippen LogP contribution in [0.25, 0.3) is 5.70 Å². The summed E-state index contributed by atoms with van der Waals surface area (Å²) in [4.78, 5) is 0. The van der Waals surface area contributed by atoms with Gasteiger partial charge in [0.1, 0.15) is 0 Å². The summed E-state index contributed by atoms with van der Waals surface area (Å²) >= 11 is 3.60. The van der Waals surface area contributed by atoms with Gasteiger partial charge in [-0.25, -0.2) is 0 Å². The molecular weight excluding hydrogens is 298 g/mol. The molecule has 0 aliphatic heterocycles. The third kappa shape index (κ3) is 2.60. The highest BCUT2D eigenvalue weighted by atomic mass is 79.9. The summed E-state index contributed by atoms with van der Waals surface area (Å²) in [5, 5.41) is 0. The van der Waals surface area contributed by atoms with Crippen molar-refractivity contribution in [2.45, 2.75) is 51.4 Å². The van der Waals surface area contributed by atoms with Gasteiger partial charge in [-0.15, -0.1) is 0 Å². The molecule has 0 radical (unpaired) electrons. The van der Waals surface area contributed by atoms with Crippen LogP contribution in [0.3, 0.4) is 0 Å². The topological polar surface area (TPSA) is 26.0 Å². The molecule has 1 aromatic carbocycles. The van der Waals surface area contributed by atoms with E-state index in [2.05, 4.69) is 41.1 Å². The van der Waals surface area contributed by atoms with Crippen molar-refractivity contribution in [3.05, 3.63) is 39.4 Å². The first-order valence-electron chi connectivity index (χ1n) is 7.42. The standard InChI is InChI=1S/C17H22BrN/c1-11-5-6-13(9-11)15-8-7-14(18)10-16(15)17(19)12-3-2-4-12/h7-8,10-11,13H,2-6,9,19H2,1H3. The molecule has 19 heavy (non-hydrogen) atoms. The van der Waals surface area contributed by atoms with E-state index in [0.717, 1.165) is 16.1 Å². The highest BCUT2D eigenvalue weighted by molar-refractivity contribution is 9.10. The average Bonchev–Trinajstić information content (AvgIpc) is 2.73. The molecule has 0 amide bonds. The number of rotatable bonds is 2. The van der Waals surface area contributed by atoms with E-state index in [9.17, 15) is 0 Å². The first-order valence-corrected chi connectivity index (χ1v) is 8.21. The molecule has 2 atom stereocenters. The van der Waals surface area contributed by atoms with Gasteiger partial charge in [0, 0.05) is 15.7 Å². The van der Waals surface area contributed by atoms with Crippen LogP contribution in [0.1, 0.15) is 62.5 Å². The number of hydrogen-bond donors (Lipinski definition) is 1. The molecule has 2 N–H and O–H groups in total. The fourth-order valence-corrected chi connectivity index (χ4v) is 3.78. The maximum absolute atomic E-state index is 6.43. The normalized spacial score (nSPS) is 26.3. The van der Waals surface area contributed by atoms with Crippen molar-refractivity contribution in [3.8, 4) is 0 Å². The Bertz CT molecular complexity index is 512. The minimum atomic E-state index is 0.706. The lowest BCUT2D eigenvalue weighted by molar-refractivity contribution is 0.596. The molecule has 0 spiro atoms. The maximum atomic E-state index is 6.43. The Morgan fingerprint density at radius 2 is 2.05 bits per heavy atom. The van der Waals surface area contributed by atoms with Gasteiger partial charge in [-0.3, -0.25) is 0 Å². The number of nitrogens with two attached hydrogens (primary N) is 1. The molecular formula is C17H22BrN. The fourth-order valence-electron chi connectivity index (χ4n) is 3.42. The van der Waals surface area contributed by atoms with E-state index in [0.29, 0.717) is 5.92 Å². The first kappa shape index (κ1) is 13.2. The highest BCUT2D eigenvalue weighted by Crippen LogP contribution is 2.42. The van der Waals surface area contributed by atoms with Crippen LogP contribution in [0, 0.1) is 5.92 Å². The number of benzene rings is 1. The van der Waals surface area contributed by atoms with Gasteiger partial charge in [0.2, 0.25) is 0 Å². The molecule has 0 bridgehead atoms. The third-order valence-corrected chi connectivity index (χ3v) is 5.27. The Balaban J connectivity index is 1.99. The SMILES string of the molecule is CC1CCC(c2ccc(Br)cc2C(N)=C2CCC2)C1. The van der Waals surface area contributed by atoms with Gasteiger partial charge in [0.05, 0.1) is 0 Å². The van der Waals surface area contributed by atoms with Crippen LogP contribution >= 0.6 is 15.9 Å². The van der Waals surface area contributed by atoms with Crippen molar-refractivity contribution >= 4 is 21.6 Å².